The van der Waals surface area contributed by atoms with Gasteiger partial charge in [0.25, 0.3) is 0 Å². The molecule has 8 nitrogen and oxygen atoms in total. The zero-order valence-electron chi connectivity index (χ0n) is 22.5. The molecule has 1 unspecified atom stereocenters. The third kappa shape index (κ3) is 6.90. The summed E-state index contributed by atoms with van der Waals surface area (Å²) in [5.41, 5.74) is 2.05. The normalized spacial score (nSPS) is 12.6. The minimum Gasteiger partial charge on any atom is -0.489 e. The van der Waals surface area contributed by atoms with Gasteiger partial charge in [-0.3, -0.25) is 9.78 Å². The molecule has 0 aliphatic rings. The Morgan fingerprint density at radius 3 is 2.58 bits per heavy atom. The molecule has 40 heavy (non-hydrogen) atoms. The third-order valence-corrected chi connectivity index (χ3v) is 7.47. The monoisotopic (exact) mass is 572 g/mol. The number of carboxylic acids is 1. The van der Waals surface area contributed by atoms with Crippen LogP contribution in [0.2, 0.25) is 0 Å². The first-order valence-corrected chi connectivity index (χ1v) is 13.6. The smallest absolute Gasteiger partial charge is 0.307 e. The van der Waals surface area contributed by atoms with E-state index in [-0.39, 0.29) is 42.3 Å². The summed E-state index contributed by atoms with van der Waals surface area (Å²) in [6.45, 7) is 5.60. The molecule has 11 heteroatoms. The molecule has 0 spiro atoms. The summed E-state index contributed by atoms with van der Waals surface area (Å²) in [5, 5.41) is 9.87. The summed E-state index contributed by atoms with van der Waals surface area (Å²) in [5.74, 6) is -1.51. The van der Waals surface area contributed by atoms with E-state index in [2.05, 4.69) is 9.71 Å². The second-order valence-corrected chi connectivity index (χ2v) is 12.2. The Kier molecular flexibility index (Phi) is 8.97. The molecular weight excluding hydrogens is 542 g/mol. The van der Waals surface area contributed by atoms with E-state index in [1.54, 1.807) is 12.1 Å². The van der Waals surface area contributed by atoms with Gasteiger partial charge < -0.3 is 19.0 Å². The fourth-order valence-electron chi connectivity index (χ4n) is 4.09. The van der Waals surface area contributed by atoms with Gasteiger partial charge in [-0.15, -0.1) is 0 Å². The minimum absolute atomic E-state index is 0.00232. The van der Waals surface area contributed by atoms with Gasteiger partial charge in [-0.05, 0) is 68.8 Å². The molecule has 0 saturated carbocycles. The summed E-state index contributed by atoms with van der Waals surface area (Å²) in [6, 6.07) is 10.5. The van der Waals surface area contributed by atoms with Crippen molar-refractivity contribution < 1.29 is 36.8 Å². The summed E-state index contributed by atoms with van der Waals surface area (Å²) in [7, 11) is 0.119. The molecule has 0 saturated heterocycles. The van der Waals surface area contributed by atoms with Gasteiger partial charge in [-0.2, -0.15) is 0 Å². The summed E-state index contributed by atoms with van der Waals surface area (Å²) >= 11 is 0. The highest BCUT2D eigenvalue weighted by Crippen LogP contribution is 2.35. The fraction of sp³-hybridized carbons (Fsp3) is 0.310. The van der Waals surface area contributed by atoms with Crippen LogP contribution in [-0.2, 0) is 46.7 Å². The number of nitrogens with one attached hydrogen (secondary N) is 1. The lowest BCUT2D eigenvalue weighted by Crippen LogP contribution is -2.33. The number of pyridine rings is 1. The average Bonchev–Trinajstić information content (AvgIpc) is 3.29. The lowest BCUT2D eigenvalue weighted by atomic mass is 10.00. The highest BCUT2D eigenvalue weighted by Gasteiger charge is 2.22. The van der Waals surface area contributed by atoms with Crippen molar-refractivity contribution in [2.45, 2.75) is 51.7 Å². The number of methoxy groups -OCH3 is 1. The Balaban J connectivity index is 1.71. The maximum atomic E-state index is 15.8. The average molecular weight is 573 g/mol. The number of rotatable bonds is 11. The Hall–Kier alpha value is -3.67. The van der Waals surface area contributed by atoms with Crippen molar-refractivity contribution in [3.8, 4) is 16.9 Å². The first kappa shape index (κ1) is 29.3. The fourth-order valence-corrected chi connectivity index (χ4v) is 4.79. The van der Waals surface area contributed by atoms with Crippen molar-refractivity contribution in [2.24, 2.45) is 0 Å². The Morgan fingerprint density at radius 1 is 1.10 bits per heavy atom. The van der Waals surface area contributed by atoms with Gasteiger partial charge in [0.15, 0.2) is 5.82 Å². The molecule has 2 heterocycles. The van der Waals surface area contributed by atoms with Crippen LogP contribution >= 0.6 is 0 Å². The summed E-state index contributed by atoms with van der Waals surface area (Å²) < 4.78 is 61.4. The van der Waals surface area contributed by atoms with E-state index >= 15 is 4.39 Å². The number of furan rings is 1. The van der Waals surface area contributed by atoms with Crippen LogP contribution in [0.4, 0.5) is 8.78 Å². The molecule has 4 rings (SSSR count). The predicted octanol–water partition coefficient (Wildman–Crippen LogP) is 5.68. The number of carboxylic acid groups (broad SMARTS) is 1. The lowest BCUT2D eigenvalue weighted by molar-refractivity contribution is -0.136. The van der Waals surface area contributed by atoms with Gasteiger partial charge in [0.05, 0.1) is 34.4 Å². The number of nitrogens with zero attached hydrogens (tertiary/aromatic N) is 1. The van der Waals surface area contributed by atoms with Crippen LogP contribution in [0.1, 0.15) is 43.4 Å². The number of halogens is 2. The van der Waals surface area contributed by atoms with Gasteiger partial charge in [0.1, 0.15) is 36.1 Å². The van der Waals surface area contributed by atoms with Gasteiger partial charge in [0, 0.05) is 35.4 Å². The molecule has 212 valence electrons. The van der Waals surface area contributed by atoms with Crippen molar-refractivity contribution in [3.05, 3.63) is 82.9 Å². The Morgan fingerprint density at radius 2 is 1.88 bits per heavy atom. The standard InChI is InChI=1S/C29H30F2N2O6S/c1-29(2,3)40(36)33-14-24-27(31)22(7-8-32-24)23-10-17(9-19-12-21(16-37-4)39-28(19)23)15-38-25-6-5-20(30)11-18(25)13-26(34)35/h5-12,33H,13-16H2,1-4H3,(H,34,35). The van der Waals surface area contributed by atoms with E-state index in [0.29, 0.717) is 27.9 Å². The molecule has 2 N–H and O–H groups in total. The van der Waals surface area contributed by atoms with Crippen molar-refractivity contribution >= 4 is 27.9 Å². The van der Waals surface area contributed by atoms with Crippen LogP contribution in [-0.4, -0.2) is 32.1 Å². The lowest BCUT2D eigenvalue weighted by Gasteiger charge is -2.18. The Bertz CT molecular complexity index is 1560. The summed E-state index contributed by atoms with van der Waals surface area (Å²) in [6.07, 6.45) is 1.07. The maximum Gasteiger partial charge on any atom is 0.307 e. The van der Waals surface area contributed by atoms with E-state index < -0.39 is 39.8 Å². The zero-order chi connectivity index (χ0) is 29.0. The molecule has 0 radical (unpaired) electrons. The molecule has 0 aliphatic heterocycles. The maximum absolute atomic E-state index is 15.8. The Labute approximate surface area is 232 Å². The van der Waals surface area contributed by atoms with E-state index in [9.17, 15) is 18.5 Å². The molecule has 4 aromatic rings. The van der Waals surface area contributed by atoms with Crippen LogP contribution in [0, 0.1) is 11.6 Å². The highest BCUT2D eigenvalue weighted by atomic mass is 32.2. The van der Waals surface area contributed by atoms with E-state index in [4.69, 9.17) is 13.9 Å². The SMILES string of the molecule is COCc1cc2cc(COc3ccc(F)cc3CC(=O)O)cc(-c3ccnc(CNS(=O)C(C)(C)C)c3F)c2o1. The molecule has 0 aliphatic carbocycles. The van der Waals surface area contributed by atoms with E-state index in [1.165, 1.54) is 31.5 Å². The molecule has 2 aromatic heterocycles. The van der Waals surface area contributed by atoms with Gasteiger partial charge in [-0.25, -0.2) is 17.7 Å². The van der Waals surface area contributed by atoms with Crippen LogP contribution in [0.15, 0.2) is 53.1 Å². The first-order chi connectivity index (χ1) is 19.0. The largest absolute Gasteiger partial charge is 0.489 e. The van der Waals surface area contributed by atoms with Gasteiger partial charge in [-0.1, -0.05) is 0 Å². The molecule has 0 bridgehead atoms. The van der Waals surface area contributed by atoms with Crippen LogP contribution in [0.5, 0.6) is 5.75 Å². The number of carbonyl (C=O) groups is 1. The number of aromatic nitrogens is 1. The van der Waals surface area contributed by atoms with Crippen molar-refractivity contribution in [1.29, 1.82) is 0 Å². The number of aliphatic carboxylic acids is 1. The minimum atomic E-state index is -1.42. The molecule has 0 fully saturated rings. The van der Waals surface area contributed by atoms with Crippen LogP contribution < -0.4 is 9.46 Å². The second kappa shape index (κ2) is 12.2. The molecule has 1 atom stereocenters. The zero-order valence-corrected chi connectivity index (χ0v) is 23.4. The topological polar surface area (TPSA) is 111 Å². The van der Waals surface area contributed by atoms with Crippen LogP contribution in [0.25, 0.3) is 22.1 Å². The van der Waals surface area contributed by atoms with Crippen molar-refractivity contribution in [2.75, 3.05) is 7.11 Å². The number of hydrogen-bond donors (Lipinski definition) is 2. The predicted molar refractivity (Wildman–Crippen MR) is 147 cm³/mol. The third-order valence-electron chi connectivity index (χ3n) is 5.95. The molecular formula is C29H30F2N2O6S. The van der Waals surface area contributed by atoms with Crippen LogP contribution in [0.3, 0.4) is 0 Å². The number of hydrogen-bond acceptors (Lipinski definition) is 6. The van der Waals surface area contributed by atoms with Crippen molar-refractivity contribution in [1.82, 2.24) is 9.71 Å². The second-order valence-electron chi connectivity index (χ2n) is 10.1. The number of ether oxygens (including phenoxy) is 2. The van der Waals surface area contributed by atoms with Gasteiger partial charge in [0.2, 0.25) is 0 Å². The van der Waals surface area contributed by atoms with Gasteiger partial charge >= 0.3 is 5.97 Å². The van der Waals surface area contributed by atoms with E-state index in [0.717, 1.165) is 6.07 Å². The first-order valence-electron chi connectivity index (χ1n) is 12.4. The van der Waals surface area contributed by atoms with Crippen molar-refractivity contribution in [3.63, 3.8) is 0 Å². The quantitative estimate of drug-likeness (QED) is 0.238. The highest BCUT2D eigenvalue weighted by molar-refractivity contribution is 7.84. The molecule has 2 aromatic carbocycles. The molecule has 0 amide bonds. The number of benzene rings is 2. The number of fused-ring (bicyclic) bond motifs is 1. The van der Waals surface area contributed by atoms with E-state index in [1.807, 2.05) is 26.8 Å². The summed E-state index contributed by atoms with van der Waals surface area (Å²) in [4.78, 5) is 15.4.